The van der Waals surface area contributed by atoms with E-state index in [1.54, 1.807) is 20.8 Å². The molecule has 21 heteroatoms. The molecule has 3 rings (SSSR count). The van der Waals surface area contributed by atoms with Crippen molar-refractivity contribution >= 4 is 41.2 Å². The maximum Gasteiger partial charge on any atom is 0.405 e. The molecule has 0 aliphatic heterocycles. The van der Waals surface area contributed by atoms with E-state index in [1.165, 1.54) is 75.6 Å². The van der Waals surface area contributed by atoms with E-state index in [0.717, 1.165) is 23.5 Å². The molecule has 0 radical (unpaired) electrons. The normalized spacial score (nSPS) is 14.7. The van der Waals surface area contributed by atoms with E-state index in [9.17, 15) is 47.4 Å². The Morgan fingerprint density at radius 2 is 1.35 bits per heavy atom. The summed E-state index contributed by atoms with van der Waals surface area (Å²) in [6, 6.07) is 8.81. The zero-order valence-electron chi connectivity index (χ0n) is 34.1. The van der Waals surface area contributed by atoms with E-state index < -0.39 is 108 Å². The van der Waals surface area contributed by atoms with Crippen molar-refractivity contribution in [2.45, 2.75) is 89.4 Å². The lowest BCUT2D eigenvalue weighted by Gasteiger charge is -2.33. The number of carbonyl (C=O) groups is 5. The van der Waals surface area contributed by atoms with E-state index in [-0.39, 0.29) is 27.6 Å². The van der Waals surface area contributed by atoms with Crippen LogP contribution in [0.3, 0.4) is 0 Å². The Hall–Kier alpha value is -5.63. The van der Waals surface area contributed by atoms with Gasteiger partial charge in [0.25, 0.3) is 11.8 Å². The first-order valence-electron chi connectivity index (χ1n) is 18.7. The van der Waals surface area contributed by atoms with E-state index >= 15 is 17.6 Å². The maximum absolute atomic E-state index is 15.6. The van der Waals surface area contributed by atoms with Crippen LogP contribution < -0.4 is 30.7 Å². The highest BCUT2D eigenvalue weighted by Crippen LogP contribution is 2.31. The molecule has 3 aromatic rings. The summed E-state index contributed by atoms with van der Waals surface area (Å²) in [5.74, 6) is -18.3. The van der Waals surface area contributed by atoms with Crippen molar-refractivity contribution in [1.29, 1.82) is 0 Å². The molecule has 0 aliphatic rings. The Kier molecular flexibility index (Phi) is 16.8. The number of hydrogen-bond acceptors (Lipinski definition) is 8. The van der Waals surface area contributed by atoms with Crippen LogP contribution in [0.2, 0.25) is 5.02 Å². The lowest BCUT2D eigenvalue weighted by molar-refractivity contribution is -0.175. The molecule has 3 aromatic carbocycles. The van der Waals surface area contributed by atoms with Gasteiger partial charge in [0.1, 0.15) is 36.2 Å². The fourth-order valence-electron chi connectivity index (χ4n) is 5.80. The molecule has 13 nitrogen and oxygen atoms in total. The molecule has 0 saturated heterocycles. The molecule has 340 valence electrons. The Labute approximate surface area is 356 Å². The molecule has 1 unspecified atom stereocenters. The lowest BCUT2D eigenvalue weighted by atomic mass is 9.89. The van der Waals surface area contributed by atoms with Crippen LogP contribution in [0.4, 0.5) is 30.7 Å². The van der Waals surface area contributed by atoms with Crippen LogP contribution in [-0.2, 0) is 36.3 Å². The van der Waals surface area contributed by atoms with Crippen LogP contribution in [0.15, 0.2) is 72.8 Å². The van der Waals surface area contributed by atoms with Gasteiger partial charge in [0, 0.05) is 22.4 Å². The number of aliphatic carboxylic acids is 1. The Balaban J connectivity index is 2.04. The third kappa shape index (κ3) is 13.7. The van der Waals surface area contributed by atoms with E-state index in [1.807, 2.05) is 5.32 Å². The smallest absolute Gasteiger partial charge is 0.405 e. The number of carboxylic acid groups (broad SMARTS) is 1. The molecule has 0 aliphatic carbocycles. The number of methoxy groups -OCH3 is 1. The Bertz CT molecular complexity index is 2050. The molecule has 0 spiro atoms. The third-order valence-electron chi connectivity index (χ3n) is 9.21. The molecule has 6 N–H and O–H groups in total. The van der Waals surface area contributed by atoms with Crippen molar-refractivity contribution in [3.8, 4) is 11.5 Å². The maximum atomic E-state index is 15.6. The predicted molar refractivity (Wildman–Crippen MR) is 210 cm³/mol. The summed E-state index contributed by atoms with van der Waals surface area (Å²) in [6.45, 7) is 5.20. The molecule has 4 amide bonds. The highest BCUT2D eigenvalue weighted by Gasteiger charge is 2.52. The average molecular weight is 907 g/mol. The number of carbonyl (C=O) groups excluding carboxylic acids is 4. The lowest BCUT2D eigenvalue weighted by Crippen LogP contribution is -2.61. The van der Waals surface area contributed by atoms with Crippen LogP contribution >= 0.6 is 11.6 Å². The predicted octanol–water partition coefficient (Wildman–Crippen LogP) is 5.72. The van der Waals surface area contributed by atoms with Crippen molar-refractivity contribution in [1.82, 2.24) is 21.3 Å². The number of ether oxygens (including phenoxy) is 2. The first kappa shape index (κ1) is 50.7. The van der Waals surface area contributed by atoms with Gasteiger partial charge in [-0.1, -0.05) is 82.6 Å². The number of nitrogens with one attached hydrogen (secondary N) is 4. The SMILES string of the molecule is COc1ccc([C@H](NC(=O)[C@H](Cc2ccc(OC(C(=O)O)C(C)(C)C)cc2)NC(=O)C(F)(F)c2cccc(Cl)c2)C(=O)N[C@@H](C(C)C)[C@@H](O)C(F)(F)C(=O)NCC(F)(F)F)cc1. The molecule has 0 saturated carbocycles. The monoisotopic (exact) mass is 906 g/mol. The van der Waals surface area contributed by atoms with Crippen LogP contribution in [0, 0.1) is 11.3 Å². The summed E-state index contributed by atoms with van der Waals surface area (Å²) in [5, 5.41) is 27.6. The number of rotatable bonds is 19. The number of amides is 4. The van der Waals surface area contributed by atoms with Gasteiger partial charge >= 0.3 is 24.0 Å². The second-order valence-corrected chi connectivity index (χ2v) is 16.0. The topological polar surface area (TPSA) is 192 Å². The molecular weight excluding hydrogens is 861 g/mol. The fraction of sp³-hybridized carbons (Fsp3) is 0.439. The van der Waals surface area contributed by atoms with Gasteiger partial charge < -0.3 is 41.0 Å². The van der Waals surface area contributed by atoms with E-state index in [2.05, 4.69) is 10.6 Å². The zero-order chi connectivity index (χ0) is 47.0. The number of benzene rings is 3. The van der Waals surface area contributed by atoms with Crippen molar-refractivity contribution in [3.05, 3.63) is 94.5 Å². The summed E-state index contributed by atoms with van der Waals surface area (Å²) in [6.07, 6.45) is -10.0. The summed E-state index contributed by atoms with van der Waals surface area (Å²) in [7, 11) is 1.31. The van der Waals surface area contributed by atoms with Crippen molar-refractivity contribution < 1.29 is 74.4 Å². The van der Waals surface area contributed by atoms with Crippen LogP contribution in [-0.4, -0.2) is 89.9 Å². The van der Waals surface area contributed by atoms with Gasteiger partial charge in [-0.3, -0.25) is 19.2 Å². The van der Waals surface area contributed by atoms with Crippen LogP contribution in [0.25, 0.3) is 0 Å². The first-order valence-corrected chi connectivity index (χ1v) is 19.0. The molecular formula is C41H46ClF7N4O9. The average Bonchev–Trinajstić information content (AvgIpc) is 3.18. The number of alkyl halides is 7. The van der Waals surface area contributed by atoms with Gasteiger partial charge in [-0.25, -0.2) is 4.79 Å². The first-order chi connectivity index (χ1) is 28.6. The number of carboxylic acids is 1. The van der Waals surface area contributed by atoms with Gasteiger partial charge in [-0.15, -0.1) is 0 Å². The number of aliphatic hydroxyl groups is 1. The van der Waals surface area contributed by atoms with Gasteiger partial charge in [-0.05, 0) is 53.4 Å². The zero-order valence-corrected chi connectivity index (χ0v) is 34.8. The Morgan fingerprint density at radius 1 is 0.774 bits per heavy atom. The van der Waals surface area contributed by atoms with Crippen LogP contribution in [0.5, 0.6) is 11.5 Å². The second-order valence-electron chi connectivity index (χ2n) is 15.5. The Morgan fingerprint density at radius 3 is 1.85 bits per heavy atom. The number of aliphatic hydroxyl groups excluding tert-OH is 1. The molecule has 0 aromatic heterocycles. The van der Waals surface area contributed by atoms with Crippen molar-refractivity contribution in [3.63, 3.8) is 0 Å². The largest absolute Gasteiger partial charge is 0.497 e. The van der Waals surface area contributed by atoms with Gasteiger partial charge in [-0.2, -0.15) is 30.7 Å². The third-order valence-corrected chi connectivity index (χ3v) is 9.45. The molecule has 5 atom stereocenters. The van der Waals surface area contributed by atoms with Gasteiger partial charge in [0.15, 0.2) is 6.10 Å². The standard InChI is InChI=1S/C41H46ClF7N4O9/c1-21(2)29(31(54)41(48,49)36(59)50-20-39(43,44)45)52-34(56)30(23-12-16-26(61-6)17-13-23)53-33(55)28(51-37(60)40(46,47)24-8-7-9-25(42)19-24)18-22-10-14-27(15-11-22)62-32(35(57)58)38(3,4)5/h7-17,19,21,28-32,54H,18,20H2,1-6H3,(H,50,59)(H,51,60)(H,52,56)(H,53,55)(H,57,58)/t28-,29-,30-,31+,32?/m0/s1. The molecule has 62 heavy (non-hydrogen) atoms. The highest BCUT2D eigenvalue weighted by molar-refractivity contribution is 6.30. The van der Waals surface area contributed by atoms with Gasteiger partial charge in [0.05, 0.1) is 13.2 Å². The summed E-state index contributed by atoms with van der Waals surface area (Å²) in [4.78, 5) is 65.4. The van der Waals surface area contributed by atoms with Gasteiger partial charge in [0.2, 0.25) is 11.8 Å². The highest BCUT2D eigenvalue weighted by atomic mass is 35.5. The van der Waals surface area contributed by atoms with E-state index in [4.69, 9.17) is 21.1 Å². The summed E-state index contributed by atoms with van der Waals surface area (Å²) < 4.78 is 110. The summed E-state index contributed by atoms with van der Waals surface area (Å²) >= 11 is 5.88. The van der Waals surface area contributed by atoms with Crippen LogP contribution in [0.1, 0.15) is 57.4 Å². The minimum Gasteiger partial charge on any atom is -0.497 e. The minimum atomic E-state index is -5.08. The summed E-state index contributed by atoms with van der Waals surface area (Å²) in [5.41, 5.74) is -1.57. The number of halogens is 8. The fourth-order valence-corrected chi connectivity index (χ4v) is 5.99. The number of hydrogen-bond donors (Lipinski definition) is 6. The van der Waals surface area contributed by atoms with Crippen molar-refractivity contribution in [2.24, 2.45) is 11.3 Å². The minimum absolute atomic E-state index is 0.0778. The second kappa shape index (κ2) is 20.5. The molecule has 0 heterocycles. The molecule has 0 bridgehead atoms. The molecule has 0 fully saturated rings. The van der Waals surface area contributed by atoms with E-state index in [0.29, 0.717) is 0 Å². The van der Waals surface area contributed by atoms with Crippen molar-refractivity contribution in [2.75, 3.05) is 13.7 Å². The quantitative estimate of drug-likeness (QED) is 0.0818.